The van der Waals surface area contributed by atoms with E-state index in [1.54, 1.807) is 12.1 Å². The van der Waals surface area contributed by atoms with Crippen molar-refractivity contribution in [3.8, 4) is 17.2 Å². The lowest BCUT2D eigenvalue weighted by Crippen LogP contribution is -2.09. The van der Waals surface area contributed by atoms with Crippen LogP contribution in [0.4, 0.5) is 0 Å². The number of hydrogen-bond donors (Lipinski definition) is 1. The highest BCUT2D eigenvalue weighted by molar-refractivity contribution is 6.30. The number of phenols is 1. The first-order valence-electron chi connectivity index (χ1n) is 6.15. The van der Waals surface area contributed by atoms with E-state index in [0.29, 0.717) is 22.8 Å². The molecule has 0 amide bonds. The van der Waals surface area contributed by atoms with Crippen LogP contribution in [0.15, 0.2) is 22.7 Å². The number of aromatic nitrogens is 2. The molecule has 1 aromatic heterocycles. The lowest BCUT2D eigenvalue weighted by molar-refractivity contribution is 0.109. The van der Waals surface area contributed by atoms with Gasteiger partial charge in [0.15, 0.2) is 5.82 Å². The standard InChI is InChI=1S/C13H13ClN2O3/c14-8-3-4-11(17)10(6-8)13-15-12(16-19-13)7-9-2-1-5-18-9/h3-4,6,9,17H,1-2,5,7H2. The second kappa shape index (κ2) is 5.19. The van der Waals surface area contributed by atoms with Crippen molar-refractivity contribution in [2.24, 2.45) is 0 Å². The average molecular weight is 281 g/mol. The van der Waals surface area contributed by atoms with Crippen LogP contribution in [0.3, 0.4) is 0 Å². The van der Waals surface area contributed by atoms with E-state index in [9.17, 15) is 5.11 Å². The van der Waals surface area contributed by atoms with Gasteiger partial charge in [-0.15, -0.1) is 0 Å². The van der Waals surface area contributed by atoms with Gasteiger partial charge < -0.3 is 14.4 Å². The molecule has 1 N–H and O–H groups in total. The SMILES string of the molecule is Oc1ccc(Cl)cc1-c1nc(CC2CCCO2)no1. The molecule has 1 atom stereocenters. The molecule has 5 nitrogen and oxygen atoms in total. The zero-order valence-corrected chi connectivity index (χ0v) is 10.9. The monoisotopic (exact) mass is 280 g/mol. The maximum Gasteiger partial charge on any atom is 0.261 e. The lowest BCUT2D eigenvalue weighted by atomic mass is 10.2. The predicted octanol–water partition coefficient (Wildman–Crippen LogP) is 2.82. The maximum atomic E-state index is 9.77. The van der Waals surface area contributed by atoms with Gasteiger partial charge in [0.2, 0.25) is 0 Å². The Labute approximate surface area is 115 Å². The smallest absolute Gasteiger partial charge is 0.261 e. The number of benzene rings is 1. The first-order valence-corrected chi connectivity index (χ1v) is 6.53. The summed E-state index contributed by atoms with van der Waals surface area (Å²) in [6.45, 7) is 0.796. The van der Waals surface area contributed by atoms with Gasteiger partial charge in [-0.1, -0.05) is 16.8 Å². The Morgan fingerprint density at radius 2 is 2.32 bits per heavy atom. The summed E-state index contributed by atoms with van der Waals surface area (Å²) in [5, 5.41) is 14.2. The van der Waals surface area contributed by atoms with Gasteiger partial charge >= 0.3 is 0 Å². The van der Waals surface area contributed by atoms with E-state index >= 15 is 0 Å². The molecule has 6 heteroatoms. The van der Waals surface area contributed by atoms with Crippen LogP contribution < -0.4 is 0 Å². The molecule has 1 aliphatic rings. The predicted molar refractivity (Wildman–Crippen MR) is 69.1 cm³/mol. The first kappa shape index (κ1) is 12.4. The minimum absolute atomic E-state index is 0.0664. The third-order valence-electron chi connectivity index (χ3n) is 3.09. The molecule has 0 aliphatic carbocycles. The first-order chi connectivity index (χ1) is 9.22. The van der Waals surface area contributed by atoms with Crippen LogP contribution in [-0.4, -0.2) is 28.0 Å². The van der Waals surface area contributed by atoms with Gasteiger partial charge in [-0.3, -0.25) is 0 Å². The Morgan fingerprint density at radius 1 is 1.42 bits per heavy atom. The second-order valence-corrected chi connectivity index (χ2v) is 4.95. The summed E-state index contributed by atoms with van der Waals surface area (Å²) in [5.41, 5.74) is 0.443. The van der Waals surface area contributed by atoms with E-state index in [1.165, 1.54) is 6.07 Å². The molecule has 0 bridgehead atoms. The summed E-state index contributed by atoms with van der Waals surface area (Å²) in [4.78, 5) is 4.27. The number of halogens is 1. The summed E-state index contributed by atoms with van der Waals surface area (Å²) in [7, 11) is 0. The summed E-state index contributed by atoms with van der Waals surface area (Å²) in [6, 6.07) is 4.70. The number of nitrogens with zero attached hydrogens (tertiary/aromatic N) is 2. The van der Waals surface area contributed by atoms with E-state index in [0.717, 1.165) is 19.4 Å². The summed E-state index contributed by atoms with van der Waals surface area (Å²) >= 11 is 5.89. The number of hydrogen-bond acceptors (Lipinski definition) is 5. The van der Waals surface area contributed by atoms with Crippen molar-refractivity contribution >= 4 is 11.6 Å². The molecule has 1 fully saturated rings. The van der Waals surface area contributed by atoms with Gasteiger partial charge in [-0.05, 0) is 31.0 Å². The molecular weight excluding hydrogens is 268 g/mol. The fraction of sp³-hybridized carbons (Fsp3) is 0.385. The van der Waals surface area contributed by atoms with Crippen LogP contribution in [0, 0.1) is 0 Å². The zero-order valence-electron chi connectivity index (χ0n) is 10.2. The van der Waals surface area contributed by atoms with Crippen LogP contribution in [-0.2, 0) is 11.2 Å². The molecule has 0 saturated carbocycles. The molecule has 3 rings (SSSR count). The normalized spacial score (nSPS) is 18.9. The Hall–Kier alpha value is -1.59. The molecular formula is C13H13ClN2O3. The number of aromatic hydroxyl groups is 1. The summed E-state index contributed by atoms with van der Waals surface area (Å²) in [5.74, 6) is 0.922. The highest BCUT2D eigenvalue weighted by atomic mass is 35.5. The van der Waals surface area contributed by atoms with Crippen molar-refractivity contribution in [3.63, 3.8) is 0 Å². The molecule has 19 heavy (non-hydrogen) atoms. The number of phenolic OH excluding ortho intramolecular Hbond substituents is 1. The molecule has 2 aromatic rings. The molecule has 2 heterocycles. The Balaban J connectivity index is 1.82. The summed E-state index contributed by atoms with van der Waals surface area (Å²) < 4.78 is 10.7. The minimum Gasteiger partial charge on any atom is -0.507 e. The van der Waals surface area contributed by atoms with E-state index in [2.05, 4.69) is 10.1 Å². The van der Waals surface area contributed by atoms with Crippen molar-refractivity contribution in [1.82, 2.24) is 10.1 Å². The zero-order chi connectivity index (χ0) is 13.2. The van der Waals surface area contributed by atoms with Crippen LogP contribution in [0.1, 0.15) is 18.7 Å². The largest absolute Gasteiger partial charge is 0.507 e. The molecule has 1 saturated heterocycles. The van der Waals surface area contributed by atoms with Crippen molar-refractivity contribution in [1.29, 1.82) is 0 Å². The Morgan fingerprint density at radius 3 is 3.11 bits per heavy atom. The van der Waals surface area contributed by atoms with Crippen LogP contribution in [0.2, 0.25) is 5.02 Å². The van der Waals surface area contributed by atoms with E-state index < -0.39 is 0 Å². The van der Waals surface area contributed by atoms with Gasteiger partial charge in [0, 0.05) is 18.1 Å². The van der Waals surface area contributed by atoms with Crippen molar-refractivity contribution in [2.75, 3.05) is 6.61 Å². The fourth-order valence-electron chi connectivity index (χ4n) is 2.13. The maximum absolute atomic E-state index is 9.77. The summed E-state index contributed by atoms with van der Waals surface area (Å²) in [6.07, 6.45) is 2.89. The molecule has 100 valence electrons. The fourth-order valence-corrected chi connectivity index (χ4v) is 2.31. The third kappa shape index (κ3) is 2.72. The molecule has 0 radical (unpaired) electrons. The van der Waals surface area contributed by atoms with Crippen molar-refractivity contribution < 1.29 is 14.4 Å². The molecule has 1 unspecified atom stereocenters. The van der Waals surface area contributed by atoms with Crippen molar-refractivity contribution in [2.45, 2.75) is 25.4 Å². The van der Waals surface area contributed by atoms with Gasteiger partial charge in [-0.25, -0.2) is 0 Å². The molecule has 1 aromatic carbocycles. The third-order valence-corrected chi connectivity index (χ3v) is 3.33. The van der Waals surface area contributed by atoms with E-state index in [-0.39, 0.29) is 17.7 Å². The Kier molecular flexibility index (Phi) is 3.40. The topological polar surface area (TPSA) is 68.4 Å². The highest BCUT2D eigenvalue weighted by Gasteiger charge is 2.20. The lowest BCUT2D eigenvalue weighted by Gasteiger charge is -2.04. The van der Waals surface area contributed by atoms with E-state index in [1.807, 2.05) is 0 Å². The van der Waals surface area contributed by atoms with Crippen LogP contribution in [0.25, 0.3) is 11.5 Å². The van der Waals surface area contributed by atoms with Crippen LogP contribution >= 0.6 is 11.6 Å². The quantitative estimate of drug-likeness (QED) is 0.936. The van der Waals surface area contributed by atoms with Crippen LogP contribution in [0.5, 0.6) is 5.75 Å². The highest BCUT2D eigenvalue weighted by Crippen LogP contribution is 2.30. The minimum atomic E-state index is 0.0664. The molecule has 0 spiro atoms. The Bertz CT molecular complexity index is 579. The average Bonchev–Trinajstić information content (AvgIpc) is 3.04. The number of ether oxygens (including phenoxy) is 1. The van der Waals surface area contributed by atoms with Gasteiger partial charge in [0.1, 0.15) is 5.75 Å². The second-order valence-electron chi connectivity index (χ2n) is 4.52. The van der Waals surface area contributed by atoms with Crippen molar-refractivity contribution in [3.05, 3.63) is 29.0 Å². The van der Waals surface area contributed by atoms with Gasteiger partial charge in [0.25, 0.3) is 5.89 Å². The number of rotatable bonds is 3. The van der Waals surface area contributed by atoms with Gasteiger partial charge in [-0.2, -0.15) is 4.98 Å². The van der Waals surface area contributed by atoms with E-state index in [4.69, 9.17) is 20.9 Å². The molecule has 1 aliphatic heterocycles. The van der Waals surface area contributed by atoms with Gasteiger partial charge in [0.05, 0.1) is 11.7 Å².